The number of benzene rings is 2. The number of carbonyl (C=O) groups excluding carboxylic acids is 1. The van der Waals surface area contributed by atoms with E-state index in [1.54, 1.807) is 30.3 Å². The zero-order valence-electron chi connectivity index (χ0n) is 12.7. The van der Waals surface area contributed by atoms with Crippen LogP contribution in [-0.4, -0.2) is 28.9 Å². The van der Waals surface area contributed by atoms with Crippen molar-refractivity contribution < 1.29 is 19.7 Å². The van der Waals surface area contributed by atoms with E-state index in [1.165, 1.54) is 18.3 Å². The van der Waals surface area contributed by atoms with Crippen molar-refractivity contribution in [2.75, 3.05) is 6.61 Å². The molecule has 23 heavy (non-hydrogen) atoms. The fourth-order valence-corrected chi connectivity index (χ4v) is 1.93. The van der Waals surface area contributed by atoms with Crippen molar-refractivity contribution in [1.29, 1.82) is 0 Å². The van der Waals surface area contributed by atoms with Crippen LogP contribution < -0.4 is 10.2 Å². The van der Waals surface area contributed by atoms with Crippen molar-refractivity contribution >= 4 is 12.1 Å². The van der Waals surface area contributed by atoms with Crippen molar-refractivity contribution in [2.24, 2.45) is 5.10 Å². The zero-order valence-corrected chi connectivity index (χ0v) is 12.7. The van der Waals surface area contributed by atoms with E-state index in [-0.39, 0.29) is 23.8 Å². The Kier molecular flexibility index (Phi) is 5.57. The van der Waals surface area contributed by atoms with Gasteiger partial charge in [0, 0.05) is 5.56 Å². The van der Waals surface area contributed by atoms with E-state index in [0.29, 0.717) is 17.9 Å². The number of phenolic OH excluding ortho intramolecular Hbond substituents is 2. The Morgan fingerprint density at radius 2 is 1.96 bits per heavy atom. The van der Waals surface area contributed by atoms with Crippen LogP contribution in [0.2, 0.25) is 0 Å². The summed E-state index contributed by atoms with van der Waals surface area (Å²) in [7, 11) is 0. The molecule has 0 heterocycles. The largest absolute Gasteiger partial charge is 0.508 e. The topological polar surface area (TPSA) is 91.2 Å². The highest BCUT2D eigenvalue weighted by atomic mass is 16.5. The van der Waals surface area contributed by atoms with Gasteiger partial charge in [0.25, 0.3) is 0 Å². The van der Waals surface area contributed by atoms with Crippen LogP contribution in [0, 0.1) is 0 Å². The lowest BCUT2D eigenvalue weighted by atomic mass is 10.1. The fourth-order valence-electron chi connectivity index (χ4n) is 1.93. The number of hydrazone groups is 1. The average molecular weight is 314 g/mol. The van der Waals surface area contributed by atoms with Gasteiger partial charge in [-0.3, -0.25) is 4.79 Å². The standard InChI is InChI=1S/C17H18N2O4/c1-2-23-15-5-3-4-13(17(15)22)11-18-19-16(21)10-12-6-8-14(20)9-7-12/h3-9,11,20,22H,2,10H2,1H3,(H,19,21)/b18-11-. The Morgan fingerprint density at radius 1 is 1.22 bits per heavy atom. The van der Waals surface area contributed by atoms with Gasteiger partial charge in [-0.15, -0.1) is 0 Å². The van der Waals surface area contributed by atoms with Gasteiger partial charge in [0.15, 0.2) is 11.5 Å². The highest BCUT2D eigenvalue weighted by molar-refractivity contribution is 5.86. The van der Waals surface area contributed by atoms with E-state index in [4.69, 9.17) is 4.74 Å². The van der Waals surface area contributed by atoms with Gasteiger partial charge in [-0.25, -0.2) is 5.43 Å². The molecule has 0 saturated heterocycles. The summed E-state index contributed by atoms with van der Waals surface area (Å²) in [6, 6.07) is 11.4. The summed E-state index contributed by atoms with van der Waals surface area (Å²) >= 11 is 0. The zero-order chi connectivity index (χ0) is 16.7. The molecule has 0 saturated carbocycles. The predicted molar refractivity (Wildman–Crippen MR) is 86.8 cm³/mol. The summed E-state index contributed by atoms with van der Waals surface area (Å²) < 4.78 is 5.27. The molecular weight excluding hydrogens is 296 g/mol. The van der Waals surface area contributed by atoms with E-state index in [2.05, 4.69) is 10.5 Å². The third-order valence-corrected chi connectivity index (χ3v) is 3.02. The molecule has 0 aliphatic carbocycles. The van der Waals surface area contributed by atoms with E-state index in [1.807, 2.05) is 6.92 Å². The monoisotopic (exact) mass is 314 g/mol. The number of amides is 1. The summed E-state index contributed by atoms with van der Waals surface area (Å²) in [4.78, 5) is 11.8. The molecule has 2 rings (SSSR count). The van der Waals surface area contributed by atoms with E-state index >= 15 is 0 Å². The summed E-state index contributed by atoms with van der Waals surface area (Å²) in [6.07, 6.45) is 1.50. The molecule has 0 radical (unpaired) electrons. The second-order valence-corrected chi connectivity index (χ2v) is 4.76. The van der Waals surface area contributed by atoms with E-state index in [9.17, 15) is 15.0 Å². The molecule has 3 N–H and O–H groups in total. The summed E-state index contributed by atoms with van der Waals surface area (Å²) in [5, 5.41) is 23.0. The number of phenols is 2. The highest BCUT2D eigenvalue weighted by Crippen LogP contribution is 2.28. The third-order valence-electron chi connectivity index (χ3n) is 3.02. The van der Waals surface area contributed by atoms with Crippen LogP contribution in [0.25, 0.3) is 0 Å². The van der Waals surface area contributed by atoms with Crippen LogP contribution >= 0.6 is 0 Å². The van der Waals surface area contributed by atoms with E-state index in [0.717, 1.165) is 5.56 Å². The number of nitrogens with zero attached hydrogens (tertiary/aromatic N) is 1. The lowest BCUT2D eigenvalue weighted by Gasteiger charge is -2.07. The van der Waals surface area contributed by atoms with Crippen LogP contribution in [0.15, 0.2) is 47.6 Å². The van der Waals surface area contributed by atoms with Gasteiger partial charge in [0.1, 0.15) is 5.75 Å². The van der Waals surface area contributed by atoms with Gasteiger partial charge in [-0.2, -0.15) is 5.10 Å². The molecule has 6 heteroatoms. The highest BCUT2D eigenvalue weighted by Gasteiger charge is 2.06. The molecule has 0 aromatic heterocycles. The molecule has 2 aromatic carbocycles. The lowest BCUT2D eigenvalue weighted by Crippen LogP contribution is -2.19. The van der Waals surface area contributed by atoms with Crippen LogP contribution in [0.4, 0.5) is 0 Å². The van der Waals surface area contributed by atoms with Gasteiger partial charge in [-0.1, -0.05) is 18.2 Å². The molecule has 120 valence electrons. The summed E-state index contributed by atoms with van der Waals surface area (Å²) in [5.41, 5.74) is 3.60. The van der Waals surface area contributed by atoms with Crippen LogP contribution in [-0.2, 0) is 11.2 Å². The van der Waals surface area contributed by atoms with Gasteiger partial charge < -0.3 is 14.9 Å². The number of hydrogen-bond donors (Lipinski definition) is 3. The third kappa shape index (κ3) is 4.74. The number of carbonyl (C=O) groups is 1. The molecule has 0 unspecified atom stereocenters. The minimum Gasteiger partial charge on any atom is -0.508 e. The Hall–Kier alpha value is -3.02. The first-order chi connectivity index (χ1) is 11.1. The molecule has 0 aliphatic heterocycles. The molecule has 0 aliphatic rings. The predicted octanol–water partition coefficient (Wildman–Crippen LogP) is 2.19. The molecule has 0 spiro atoms. The molecule has 6 nitrogen and oxygen atoms in total. The SMILES string of the molecule is CCOc1cccc(/C=N\NC(=O)Cc2ccc(O)cc2)c1O. The van der Waals surface area contributed by atoms with Crippen molar-refractivity contribution in [1.82, 2.24) is 5.43 Å². The first-order valence-corrected chi connectivity index (χ1v) is 7.14. The number of aromatic hydroxyl groups is 2. The molecule has 1 amide bonds. The molecule has 0 atom stereocenters. The summed E-state index contributed by atoms with van der Waals surface area (Å²) in [5.74, 6) is 0.196. The molecule has 2 aromatic rings. The van der Waals surface area contributed by atoms with Gasteiger partial charge in [0.2, 0.25) is 5.91 Å². The Labute approximate surface area is 134 Å². The number of para-hydroxylation sites is 1. The maximum Gasteiger partial charge on any atom is 0.244 e. The van der Waals surface area contributed by atoms with Crippen molar-refractivity contribution in [3.8, 4) is 17.2 Å². The summed E-state index contributed by atoms with van der Waals surface area (Å²) in [6.45, 7) is 2.27. The maximum absolute atomic E-state index is 11.8. The minimum absolute atomic E-state index is 0.0223. The quantitative estimate of drug-likeness (QED) is 0.563. The number of ether oxygens (including phenoxy) is 1. The second-order valence-electron chi connectivity index (χ2n) is 4.76. The Morgan fingerprint density at radius 3 is 2.65 bits per heavy atom. The lowest BCUT2D eigenvalue weighted by molar-refractivity contribution is -0.120. The first-order valence-electron chi connectivity index (χ1n) is 7.14. The van der Waals surface area contributed by atoms with Gasteiger partial charge >= 0.3 is 0 Å². The van der Waals surface area contributed by atoms with Gasteiger partial charge in [-0.05, 0) is 36.8 Å². The van der Waals surface area contributed by atoms with Crippen LogP contribution in [0.5, 0.6) is 17.2 Å². The fraction of sp³-hybridized carbons (Fsp3) is 0.176. The van der Waals surface area contributed by atoms with Crippen LogP contribution in [0.3, 0.4) is 0 Å². The number of nitrogens with one attached hydrogen (secondary N) is 1. The van der Waals surface area contributed by atoms with Crippen molar-refractivity contribution in [3.05, 3.63) is 53.6 Å². The second kappa shape index (κ2) is 7.84. The number of rotatable bonds is 6. The smallest absolute Gasteiger partial charge is 0.244 e. The molecule has 0 bridgehead atoms. The first kappa shape index (κ1) is 16.4. The normalized spacial score (nSPS) is 10.7. The van der Waals surface area contributed by atoms with Crippen molar-refractivity contribution in [3.63, 3.8) is 0 Å². The van der Waals surface area contributed by atoms with Crippen LogP contribution in [0.1, 0.15) is 18.1 Å². The Balaban J connectivity index is 1.94. The minimum atomic E-state index is -0.299. The maximum atomic E-state index is 11.8. The van der Waals surface area contributed by atoms with E-state index < -0.39 is 0 Å². The molecular formula is C17H18N2O4. The average Bonchev–Trinajstić information content (AvgIpc) is 2.53. The molecule has 0 fully saturated rings. The Bertz CT molecular complexity index is 696. The van der Waals surface area contributed by atoms with Crippen molar-refractivity contribution in [2.45, 2.75) is 13.3 Å². The number of hydrogen-bond acceptors (Lipinski definition) is 5. The van der Waals surface area contributed by atoms with Gasteiger partial charge in [0.05, 0.1) is 19.2 Å².